The second-order valence-electron chi connectivity index (χ2n) is 14.8. The topological polar surface area (TPSA) is 116 Å². The van der Waals surface area contributed by atoms with Crippen molar-refractivity contribution in [1.29, 1.82) is 0 Å². The Balaban J connectivity index is 1.22. The van der Waals surface area contributed by atoms with E-state index in [9.17, 15) is 19.5 Å². The summed E-state index contributed by atoms with van der Waals surface area (Å²) < 4.78 is 6.20. The van der Waals surface area contributed by atoms with E-state index >= 15 is 4.79 Å². The predicted octanol–water partition coefficient (Wildman–Crippen LogP) is 7.20. The number of halogens is 1. The van der Waals surface area contributed by atoms with Gasteiger partial charge in [0.2, 0.25) is 11.8 Å². The minimum Gasteiger partial charge on any atom is -0.508 e. The molecule has 10 heteroatoms. The van der Waals surface area contributed by atoms with Crippen LogP contribution in [0.15, 0.2) is 114 Å². The Labute approximate surface area is 311 Å². The summed E-state index contributed by atoms with van der Waals surface area (Å²) in [6.07, 6.45) is 4.50. The van der Waals surface area contributed by atoms with E-state index < -0.39 is 46.8 Å². The molecule has 3 heterocycles. The average Bonchev–Trinajstić information content (AvgIpc) is 3.54. The van der Waals surface area contributed by atoms with E-state index in [0.717, 1.165) is 32.8 Å². The molecule has 4 aromatic carbocycles. The van der Waals surface area contributed by atoms with Crippen LogP contribution in [0.1, 0.15) is 35.1 Å². The zero-order valence-corrected chi connectivity index (χ0v) is 29.8. The second-order valence-corrected chi connectivity index (χ2v) is 15.2. The SMILES string of the molecule is Cc1ccc(NN2C(=O)[C@@H]3C[C@@H]4C(=CC[C@@H]5C(=O)N(c6ccc(C)c(Cl)c6)C(=O)[C@@H]54)[C@H](C4=COc5ccc(O)cc5C4)[C@]3(c3ccccc3)C2=O)cc1. The molecule has 0 spiro atoms. The number of allylic oxidation sites excluding steroid dienone is 3. The lowest BCUT2D eigenvalue weighted by molar-refractivity contribution is -0.139. The van der Waals surface area contributed by atoms with Gasteiger partial charge < -0.3 is 9.84 Å². The van der Waals surface area contributed by atoms with Crippen molar-refractivity contribution in [2.45, 2.75) is 38.5 Å². The first-order valence-corrected chi connectivity index (χ1v) is 18.2. The normalized spacial score (nSPS) is 27.3. The van der Waals surface area contributed by atoms with Crippen LogP contribution in [0.2, 0.25) is 5.02 Å². The number of aromatic hydroxyl groups is 1. The van der Waals surface area contributed by atoms with Gasteiger partial charge in [-0.05, 0) is 91.8 Å². The molecule has 3 fully saturated rings. The van der Waals surface area contributed by atoms with Gasteiger partial charge in [0.05, 0.1) is 40.8 Å². The van der Waals surface area contributed by atoms with E-state index in [-0.39, 0.29) is 24.0 Å². The molecule has 4 amide bonds. The summed E-state index contributed by atoms with van der Waals surface area (Å²) in [6.45, 7) is 3.82. The van der Waals surface area contributed by atoms with Gasteiger partial charge in [-0.1, -0.05) is 77.3 Å². The maximum absolute atomic E-state index is 15.4. The summed E-state index contributed by atoms with van der Waals surface area (Å²) in [5.74, 6) is -4.28. The molecule has 0 bridgehead atoms. The number of nitrogens with one attached hydrogen (secondary N) is 1. The summed E-state index contributed by atoms with van der Waals surface area (Å²) in [7, 11) is 0. The van der Waals surface area contributed by atoms with Crippen molar-refractivity contribution in [1.82, 2.24) is 5.01 Å². The third-order valence-electron chi connectivity index (χ3n) is 12.0. The lowest BCUT2D eigenvalue weighted by Gasteiger charge is -2.51. The van der Waals surface area contributed by atoms with Crippen LogP contribution in [0.3, 0.4) is 0 Å². The average molecular weight is 726 g/mol. The van der Waals surface area contributed by atoms with E-state index in [1.807, 2.05) is 74.5 Å². The van der Waals surface area contributed by atoms with Gasteiger partial charge in [0, 0.05) is 22.9 Å². The minimum atomic E-state index is -1.41. The van der Waals surface area contributed by atoms with Gasteiger partial charge in [-0.15, -0.1) is 0 Å². The molecule has 2 saturated heterocycles. The highest BCUT2D eigenvalue weighted by Gasteiger charge is 2.70. The van der Waals surface area contributed by atoms with Crippen molar-refractivity contribution >= 4 is 46.6 Å². The zero-order valence-electron chi connectivity index (χ0n) is 29.1. The number of amides is 4. The van der Waals surface area contributed by atoms with Gasteiger partial charge >= 0.3 is 0 Å². The van der Waals surface area contributed by atoms with Crippen LogP contribution >= 0.6 is 11.6 Å². The third-order valence-corrected chi connectivity index (χ3v) is 12.4. The van der Waals surface area contributed by atoms with Gasteiger partial charge in [-0.3, -0.25) is 24.6 Å². The molecule has 266 valence electrons. The lowest BCUT2D eigenvalue weighted by Crippen LogP contribution is -2.55. The number of ether oxygens (including phenoxy) is 1. The molecule has 0 unspecified atom stereocenters. The Bertz CT molecular complexity index is 2300. The van der Waals surface area contributed by atoms with Crippen molar-refractivity contribution in [3.8, 4) is 11.5 Å². The highest BCUT2D eigenvalue weighted by molar-refractivity contribution is 6.32. The van der Waals surface area contributed by atoms with Crippen LogP contribution in [0.4, 0.5) is 11.4 Å². The summed E-state index contributed by atoms with van der Waals surface area (Å²) in [4.78, 5) is 60.2. The standard InChI is InChI=1S/C43H36ClN3O6/c1-23-8-11-28(12-9-23)45-47-40(50)34-21-33-31(15-16-32-37(33)41(51)46(39(32)49)29-13-10-24(2)35(44)20-29)38(43(34,42(47)52)27-6-4-3-5-7-27)26-18-25-19-30(48)14-17-36(25)53-22-26/h3-15,17,19-20,22,32-34,37-38,45,48H,16,18,21H2,1-2H3/t32-,33+,34-,37-,38-,43+/m0/s1. The largest absolute Gasteiger partial charge is 0.508 e. The molecule has 2 aliphatic carbocycles. The van der Waals surface area contributed by atoms with Crippen molar-refractivity contribution in [3.63, 3.8) is 0 Å². The molecule has 53 heavy (non-hydrogen) atoms. The van der Waals surface area contributed by atoms with Gasteiger partial charge in [0.15, 0.2) is 0 Å². The summed E-state index contributed by atoms with van der Waals surface area (Å²) >= 11 is 6.47. The number of phenols is 1. The number of rotatable bonds is 5. The molecule has 4 aromatic rings. The summed E-state index contributed by atoms with van der Waals surface area (Å²) in [6, 6.07) is 26.9. The number of carbonyl (C=O) groups excluding carboxylic acids is 4. The molecular weight excluding hydrogens is 690 g/mol. The Morgan fingerprint density at radius 1 is 0.868 bits per heavy atom. The van der Waals surface area contributed by atoms with Crippen LogP contribution in [0, 0.1) is 43.4 Å². The molecule has 0 radical (unpaired) electrons. The molecule has 3 aliphatic heterocycles. The van der Waals surface area contributed by atoms with Crippen LogP contribution in [-0.4, -0.2) is 33.7 Å². The lowest BCUT2D eigenvalue weighted by atomic mass is 9.48. The fourth-order valence-corrected chi connectivity index (χ4v) is 9.71. The zero-order chi connectivity index (χ0) is 36.8. The predicted molar refractivity (Wildman–Crippen MR) is 199 cm³/mol. The monoisotopic (exact) mass is 725 g/mol. The Morgan fingerprint density at radius 3 is 2.40 bits per heavy atom. The van der Waals surface area contributed by atoms with Gasteiger partial charge in [0.25, 0.3) is 11.8 Å². The summed E-state index contributed by atoms with van der Waals surface area (Å²) in [5.41, 5.74) is 7.57. The second kappa shape index (κ2) is 12.2. The Morgan fingerprint density at radius 2 is 1.64 bits per heavy atom. The van der Waals surface area contributed by atoms with Gasteiger partial charge in [0.1, 0.15) is 11.5 Å². The van der Waals surface area contributed by atoms with Crippen LogP contribution in [0.5, 0.6) is 11.5 Å². The maximum atomic E-state index is 15.4. The van der Waals surface area contributed by atoms with E-state index in [1.165, 1.54) is 4.90 Å². The maximum Gasteiger partial charge on any atom is 0.260 e. The van der Waals surface area contributed by atoms with Crippen molar-refractivity contribution in [2.75, 3.05) is 10.3 Å². The molecule has 9 rings (SSSR count). The first-order chi connectivity index (χ1) is 25.6. The number of hydrogen-bond acceptors (Lipinski definition) is 7. The number of imide groups is 2. The first kappa shape index (κ1) is 33.2. The number of hydrogen-bond donors (Lipinski definition) is 2. The quantitative estimate of drug-likeness (QED) is 0.165. The highest BCUT2D eigenvalue weighted by Crippen LogP contribution is 2.63. The molecule has 6 atom stereocenters. The summed E-state index contributed by atoms with van der Waals surface area (Å²) in [5, 5.41) is 12.0. The molecule has 9 nitrogen and oxygen atoms in total. The fraction of sp³-hybridized carbons (Fsp3) is 0.256. The van der Waals surface area contributed by atoms with E-state index in [0.29, 0.717) is 40.6 Å². The highest BCUT2D eigenvalue weighted by atomic mass is 35.5. The number of anilines is 2. The molecule has 0 aromatic heterocycles. The Hall–Kier alpha value is -5.67. The molecule has 1 saturated carbocycles. The van der Waals surface area contributed by atoms with Crippen molar-refractivity contribution < 1.29 is 29.0 Å². The van der Waals surface area contributed by atoms with Crippen LogP contribution < -0.4 is 15.1 Å². The van der Waals surface area contributed by atoms with Gasteiger partial charge in [-0.25, -0.2) is 4.90 Å². The minimum absolute atomic E-state index is 0.0810. The number of aryl methyl sites for hydroxylation is 2. The number of fused-ring (bicyclic) bond motifs is 5. The third kappa shape index (κ3) is 4.90. The molecule has 2 N–H and O–H groups in total. The fourth-order valence-electron chi connectivity index (χ4n) is 9.54. The Kier molecular flexibility index (Phi) is 7.64. The van der Waals surface area contributed by atoms with E-state index in [2.05, 4.69) is 5.43 Å². The molecular formula is C43H36ClN3O6. The van der Waals surface area contributed by atoms with Crippen molar-refractivity contribution in [3.05, 3.63) is 142 Å². The van der Waals surface area contributed by atoms with Gasteiger partial charge in [-0.2, -0.15) is 5.01 Å². The smallest absolute Gasteiger partial charge is 0.260 e. The number of carbonyl (C=O) groups is 4. The first-order valence-electron chi connectivity index (χ1n) is 17.9. The van der Waals surface area contributed by atoms with Crippen LogP contribution in [0.25, 0.3) is 0 Å². The van der Waals surface area contributed by atoms with E-state index in [4.69, 9.17) is 16.3 Å². The number of nitrogens with zero attached hydrogens (tertiary/aromatic N) is 2. The van der Waals surface area contributed by atoms with Crippen LogP contribution in [-0.2, 0) is 31.0 Å². The molecule has 5 aliphatic rings. The van der Waals surface area contributed by atoms with Crippen molar-refractivity contribution in [2.24, 2.45) is 29.6 Å². The number of benzene rings is 4. The van der Waals surface area contributed by atoms with E-state index in [1.54, 1.807) is 42.7 Å². The number of phenolic OH excluding ortho intramolecular Hbond substituents is 1. The number of hydrazine groups is 1.